The van der Waals surface area contributed by atoms with Crippen molar-refractivity contribution in [3.05, 3.63) is 17.0 Å². The number of nitrogens with one attached hydrogen (secondary N) is 1. The maximum Gasteiger partial charge on any atom is 0.224 e. The maximum atomic E-state index is 5.84. The van der Waals surface area contributed by atoms with Crippen LogP contribution < -0.4 is 5.32 Å². The smallest absolute Gasteiger partial charge is 0.224 e. The summed E-state index contributed by atoms with van der Waals surface area (Å²) < 4.78 is 0. The minimum Gasteiger partial charge on any atom is -0.368 e. The van der Waals surface area contributed by atoms with Crippen molar-refractivity contribution < 1.29 is 0 Å². The van der Waals surface area contributed by atoms with Crippen LogP contribution in [0, 0.1) is 6.92 Å². The molecule has 1 aliphatic heterocycles. The predicted octanol–water partition coefficient (Wildman–Crippen LogP) is 1.10. The van der Waals surface area contributed by atoms with Gasteiger partial charge in [-0.2, -0.15) is 0 Å². The van der Waals surface area contributed by atoms with Gasteiger partial charge in [0.05, 0.1) is 0 Å². The topological polar surface area (TPSA) is 44.3 Å². The number of rotatable bonds is 3. The van der Waals surface area contributed by atoms with Crippen LogP contribution in [-0.2, 0) is 0 Å². The van der Waals surface area contributed by atoms with Gasteiger partial charge in [-0.15, -0.1) is 0 Å². The Hall–Kier alpha value is -0.910. The molecule has 5 nitrogen and oxygen atoms in total. The van der Waals surface area contributed by atoms with E-state index in [1.807, 2.05) is 13.0 Å². The van der Waals surface area contributed by atoms with Gasteiger partial charge in [0.1, 0.15) is 5.82 Å². The van der Waals surface area contributed by atoms with Crippen LogP contribution in [0.5, 0.6) is 0 Å². The summed E-state index contributed by atoms with van der Waals surface area (Å²) in [6.45, 7) is 6.09. The molecule has 0 spiro atoms. The number of nitrogens with zero attached hydrogens (tertiary/aromatic N) is 4. The molecular formula is C12H20ClN5. The number of halogens is 1. The molecular weight excluding hydrogens is 250 g/mol. The van der Waals surface area contributed by atoms with Crippen LogP contribution in [0.15, 0.2) is 6.07 Å². The van der Waals surface area contributed by atoms with Gasteiger partial charge in [-0.05, 0) is 32.6 Å². The lowest BCUT2D eigenvalue weighted by Gasteiger charge is -2.37. The standard InChI is InChI=1S/C12H20ClN5/c1-9-6-11(16-12(13)15-9)14-7-10-8-17(2)4-5-18(10)3/h6,10H,4-5,7-8H2,1-3H3,(H,14,15,16). The highest BCUT2D eigenvalue weighted by atomic mass is 35.5. The largest absolute Gasteiger partial charge is 0.368 e. The highest BCUT2D eigenvalue weighted by Crippen LogP contribution is 2.11. The monoisotopic (exact) mass is 269 g/mol. The molecule has 1 aromatic heterocycles. The van der Waals surface area contributed by atoms with Crippen molar-refractivity contribution in [2.45, 2.75) is 13.0 Å². The number of likely N-dealkylation sites (N-methyl/N-ethyl adjacent to an activating group) is 2. The lowest BCUT2D eigenvalue weighted by molar-refractivity contribution is 0.122. The van der Waals surface area contributed by atoms with Crippen molar-refractivity contribution >= 4 is 17.4 Å². The highest BCUT2D eigenvalue weighted by Gasteiger charge is 2.21. The molecule has 2 heterocycles. The number of hydrogen-bond acceptors (Lipinski definition) is 5. The number of aryl methyl sites for hydroxylation is 1. The van der Waals surface area contributed by atoms with Gasteiger partial charge >= 0.3 is 0 Å². The van der Waals surface area contributed by atoms with E-state index in [9.17, 15) is 0 Å². The summed E-state index contributed by atoms with van der Waals surface area (Å²) in [5, 5.41) is 3.64. The molecule has 6 heteroatoms. The normalized spacial score (nSPS) is 22.1. The number of piperazine rings is 1. The summed E-state index contributed by atoms with van der Waals surface area (Å²) in [5.41, 5.74) is 0.881. The van der Waals surface area contributed by atoms with Gasteiger partial charge in [-0.3, -0.25) is 4.90 Å². The average Bonchev–Trinajstić information content (AvgIpc) is 2.29. The summed E-state index contributed by atoms with van der Waals surface area (Å²) in [6, 6.07) is 2.41. The fourth-order valence-electron chi connectivity index (χ4n) is 2.17. The molecule has 1 N–H and O–H groups in total. The predicted molar refractivity (Wildman–Crippen MR) is 74.2 cm³/mol. The quantitative estimate of drug-likeness (QED) is 0.833. The van der Waals surface area contributed by atoms with E-state index in [4.69, 9.17) is 11.6 Å². The van der Waals surface area contributed by atoms with Crippen LogP contribution in [0.1, 0.15) is 5.69 Å². The van der Waals surface area contributed by atoms with Crippen LogP contribution in [0.3, 0.4) is 0 Å². The van der Waals surface area contributed by atoms with Crippen molar-refractivity contribution in [1.29, 1.82) is 0 Å². The number of aromatic nitrogens is 2. The van der Waals surface area contributed by atoms with Crippen LogP contribution >= 0.6 is 11.6 Å². The maximum absolute atomic E-state index is 5.84. The van der Waals surface area contributed by atoms with Gasteiger partial charge in [0.2, 0.25) is 5.28 Å². The first-order valence-electron chi connectivity index (χ1n) is 6.18. The Kier molecular flexibility index (Phi) is 4.37. The Morgan fingerprint density at radius 2 is 2.17 bits per heavy atom. The van der Waals surface area contributed by atoms with Crippen molar-refractivity contribution in [2.24, 2.45) is 0 Å². The zero-order valence-electron chi connectivity index (χ0n) is 11.1. The molecule has 1 fully saturated rings. The first kappa shape index (κ1) is 13.5. The van der Waals surface area contributed by atoms with E-state index in [0.29, 0.717) is 11.3 Å². The fourth-order valence-corrected chi connectivity index (χ4v) is 2.39. The second-order valence-electron chi connectivity index (χ2n) is 4.94. The van der Waals surface area contributed by atoms with E-state index in [-0.39, 0.29) is 0 Å². The lowest BCUT2D eigenvalue weighted by atomic mass is 10.2. The zero-order valence-corrected chi connectivity index (χ0v) is 11.9. The zero-order chi connectivity index (χ0) is 13.1. The van der Waals surface area contributed by atoms with Gasteiger partial charge < -0.3 is 10.2 Å². The van der Waals surface area contributed by atoms with E-state index in [1.165, 1.54) is 0 Å². The molecule has 18 heavy (non-hydrogen) atoms. The van der Waals surface area contributed by atoms with Crippen LogP contribution in [0.4, 0.5) is 5.82 Å². The van der Waals surface area contributed by atoms with E-state index in [1.54, 1.807) is 0 Å². The minimum atomic E-state index is 0.298. The van der Waals surface area contributed by atoms with E-state index in [2.05, 4.69) is 39.2 Å². The molecule has 0 bridgehead atoms. The van der Waals surface area contributed by atoms with E-state index >= 15 is 0 Å². The Labute approximate surface area is 113 Å². The Morgan fingerprint density at radius 1 is 1.39 bits per heavy atom. The summed E-state index contributed by atoms with van der Waals surface area (Å²) in [4.78, 5) is 13.0. The molecule has 1 aromatic rings. The Morgan fingerprint density at radius 3 is 2.89 bits per heavy atom. The molecule has 100 valence electrons. The Bertz CT molecular complexity index is 391. The van der Waals surface area contributed by atoms with Gasteiger partial charge in [-0.25, -0.2) is 9.97 Å². The fraction of sp³-hybridized carbons (Fsp3) is 0.667. The molecule has 1 saturated heterocycles. The molecule has 0 aromatic carbocycles. The first-order chi connectivity index (χ1) is 8.54. The van der Waals surface area contributed by atoms with E-state index in [0.717, 1.165) is 37.7 Å². The Balaban J connectivity index is 1.94. The first-order valence-corrected chi connectivity index (χ1v) is 6.56. The SMILES string of the molecule is Cc1cc(NCC2CN(C)CCN2C)nc(Cl)n1. The second kappa shape index (κ2) is 5.82. The van der Waals surface area contributed by atoms with Crippen LogP contribution in [0.2, 0.25) is 5.28 Å². The molecule has 0 saturated carbocycles. The third kappa shape index (κ3) is 3.54. The van der Waals surface area contributed by atoms with Crippen molar-refractivity contribution in [1.82, 2.24) is 19.8 Å². The molecule has 0 amide bonds. The van der Waals surface area contributed by atoms with Crippen molar-refractivity contribution in [3.63, 3.8) is 0 Å². The van der Waals surface area contributed by atoms with Crippen LogP contribution in [-0.4, -0.2) is 66.1 Å². The third-order valence-corrected chi connectivity index (χ3v) is 3.49. The summed E-state index contributed by atoms with van der Waals surface area (Å²) in [7, 11) is 4.32. The molecule has 1 atom stereocenters. The molecule has 0 aliphatic carbocycles. The van der Waals surface area contributed by atoms with Crippen molar-refractivity contribution in [3.8, 4) is 0 Å². The van der Waals surface area contributed by atoms with Crippen molar-refractivity contribution in [2.75, 3.05) is 45.6 Å². The molecule has 1 unspecified atom stereocenters. The number of hydrogen-bond donors (Lipinski definition) is 1. The minimum absolute atomic E-state index is 0.298. The van der Waals surface area contributed by atoms with Gasteiger partial charge in [0.15, 0.2) is 0 Å². The van der Waals surface area contributed by atoms with Gasteiger partial charge in [0, 0.05) is 44.0 Å². The summed E-state index contributed by atoms with van der Waals surface area (Å²) >= 11 is 5.84. The third-order valence-electron chi connectivity index (χ3n) is 3.33. The highest BCUT2D eigenvalue weighted by molar-refractivity contribution is 6.28. The average molecular weight is 270 g/mol. The lowest BCUT2D eigenvalue weighted by Crippen LogP contribution is -2.52. The van der Waals surface area contributed by atoms with Gasteiger partial charge in [-0.1, -0.05) is 0 Å². The molecule has 2 rings (SSSR count). The number of anilines is 1. The molecule has 1 aliphatic rings. The van der Waals surface area contributed by atoms with Crippen LogP contribution in [0.25, 0.3) is 0 Å². The van der Waals surface area contributed by atoms with E-state index < -0.39 is 0 Å². The molecule has 0 radical (unpaired) electrons. The second-order valence-corrected chi connectivity index (χ2v) is 5.28. The van der Waals surface area contributed by atoms with Gasteiger partial charge in [0.25, 0.3) is 0 Å². The summed E-state index contributed by atoms with van der Waals surface area (Å²) in [6.07, 6.45) is 0. The summed E-state index contributed by atoms with van der Waals surface area (Å²) in [5.74, 6) is 0.800.